The van der Waals surface area contributed by atoms with Crippen molar-refractivity contribution in [2.45, 2.75) is 25.7 Å². The number of carbonyl (C=O) groups excluding carboxylic acids is 2. The number of amides is 2. The van der Waals surface area contributed by atoms with Crippen LogP contribution in [0.15, 0.2) is 11.8 Å². The van der Waals surface area contributed by atoms with Gasteiger partial charge >= 0.3 is 5.97 Å². The molecule has 0 spiro atoms. The van der Waals surface area contributed by atoms with Crippen LogP contribution in [0, 0.1) is 11.3 Å². The normalized spacial score (nSPS) is 15.0. The molecule has 23 heavy (non-hydrogen) atoms. The molecule has 1 heterocycles. The van der Waals surface area contributed by atoms with Gasteiger partial charge in [-0.2, -0.15) is 5.26 Å². The highest BCUT2D eigenvalue weighted by atomic mass is 16.4. The molecule has 0 aliphatic carbocycles. The first-order valence-corrected chi connectivity index (χ1v) is 7.62. The van der Waals surface area contributed by atoms with Gasteiger partial charge in [-0.15, -0.1) is 0 Å². The number of piperazine rings is 1. The Morgan fingerprint density at radius 1 is 1.13 bits per heavy atom. The Morgan fingerprint density at radius 3 is 2.35 bits per heavy atom. The summed E-state index contributed by atoms with van der Waals surface area (Å²) in [7, 11) is 0. The molecule has 1 aliphatic heterocycles. The van der Waals surface area contributed by atoms with Crippen molar-refractivity contribution >= 4 is 18.3 Å². The van der Waals surface area contributed by atoms with Gasteiger partial charge in [0.05, 0.1) is 0 Å². The highest BCUT2D eigenvalue weighted by Crippen LogP contribution is 2.04. The Labute approximate surface area is 135 Å². The van der Waals surface area contributed by atoms with E-state index in [0.29, 0.717) is 52.0 Å². The summed E-state index contributed by atoms with van der Waals surface area (Å²) in [6, 6.07) is 1.89. The second-order valence-corrected chi connectivity index (χ2v) is 5.29. The number of hydrogen-bond donors (Lipinski definition) is 2. The minimum Gasteiger partial charge on any atom is -0.481 e. The maximum atomic E-state index is 11.9. The van der Waals surface area contributed by atoms with Gasteiger partial charge in [0.15, 0.2) is 0 Å². The van der Waals surface area contributed by atoms with E-state index in [4.69, 9.17) is 10.4 Å². The number of carboxylic acid groups (broad SMARTS) is 1. The van der Waals surface area contributed by atoms with E-state index in [1.807, 2.05) is 11.0 Å². The molecule has 0 unspecified atom stereocenters. The minimum absolute atomic E-state index is 0.0371. The lowest BCUT2D eigenvalue weighted by molar-refractivity contribution is -0.137. The average Bonchev–Trinajstić information content (AvgIpc) is 2.55. The first kappa shape index (κ1) is 18.5. The first-order chi connectivity index (χ1) is 11.1. The lowest BCUT2D eigenvalue weighted by atomic mass is 10.2. The number of nitrogens with one attached hydrogen (secondary N) is 1. The Hall–Kier alpha value is -2.56. The second kappa shape index (κ2) is 10.2. The van der Waals surface area contributed by atoms with Gasteiger partial charge in [0.25, 0.3) is 5.91 Å². The van der Waals surface area contributed by atoms with E-state index >= 15 is 0 Å². The Morgan fingerprint density at radius 2 is 1.78 bits per heavy atom. The van der Waals surface area contributed by atoms with Crippen LogP contribution in [0.5, 0.6) is 0 Å². The third kappa shape index (κ3) is 7.31. The quantitative estimate of drug-likeness (QED) is 0.266. The summed E-state index contributed by atoms with van der Waals surface area (Å²) < 4.78 is 0. The molecule has 1 rings (SSSR count). The molecule has 1 fully saturated rings. The van der Waals surface area contributed by atoms with Gasteiger partial charge in [-0.25, -0.2) is 0 Å². The van der Waals surface area contributed by atoms with Crippen LogP contribution in [0.25, 0.3) is 0 Å². The van der Waals surface area contributed by atoms with Gasteiger partial charge in [0, 0.05) is 45.3 Å². The van der Waals surface area contributed by atoms with Crippen molar-refractivity contribution in [2.75, 3.05) is 32.7 Å². The lowest BCUT2D eigenvalue weighted by Gasteiger charge is -2.31. The minimum atomic E-state index is -0.821. The van der Waals surface area contributed by atoms with E-state index < -0.39 is 11.9 Å². The van der Waals surface area contributed by atoms with E-state index in [2.05, 4.69) is 5.32 Å². The van der Waals surface area contributed by atoms with Crippen molar-refractivity contribution in [1.29, 1.82) is 5.26 Å². The molecule has 0 aromatic heterocycles. The smallest absolute Gasteiger partial charge is 0.303 e. The van der Waals surface area contributed by atoms with E-state index in [1.165, 1.54) is 6.20 Å². The second-order valence-electron chi connectivity index (χ2n) is 5.29. The summed E-state index contributed by atoms with van der Waals surface area (Å²) in [6.07, 6.45) is 4.42. The van der Waals surface area contributed by atoms with Crippen molar-refractivity contribution < 1.29 is 19.5 Å². The zero-order valence-electron chi connectivity index (χ0n) is 13.0. The zero-order valence-corrected chi connectivity index (χ0v) is 13.0. The molecule has 1 saturated heterocycles. The zero-order chi connectivity index (χ0) is 17.1. The van der Waals surface area contributed by atoms with Crippen molar-refractivity contribution in [3.8, 4) is 6.07 Å². The molecule has 2 N–H and O–H groups in total. The van der Waals surface area contributed by atoms with Crippen LogP contribution in [-0.4, -0.2) is 65.9 Å². The number of aliphatic carboxylic acids is 1. The molecule has 0 aromatic rings. The maximum Gasteiger partial charge on any atom is 0.303 e. The monoisotopic (exact) mass is 322 g/mol. The molecule has 0 radical (unpaired) electrons. The van der Waals surface area contributed by atoms with Crippen LogP contribution in [0.1, 0.15) is 25.7 Å². The molecular weight excluding hydrogens is 300 g/mol. The summed E-state index contributed by atoms with van der Waals surface area (Å²) in [5, 5.41) is 20.3. The molecule has 8 nitrogen and oxygen atoms in total. The highest BCUT2D eigenvalue weighted by Gasteiger charge is 2.15. The standard InChI is InChI=1S/C15H22N4O4/c16-10-13(11-18-6-8-19(12-20)9-7-18)15(23)17-5-3-1-2-4-14(21)22/h11-12H,1-9H2,(H,17,23)(H,21,22)/b13-11-. The third-order valence-electron chi connectivity index (χ3n) is 3.53. The Balaban J connectivity index is 2.32. The molecule has 0 bridgehead atoms. The van der Waals surface area contributed by atoms with Crippen LogP contribution >= 0.6 is 0 Å². The van der Waals surface area contributed by atoms with E-state index in [0.717, 1.165) is 6.41 Å². The predicted octanol–water partition coefficient (Wildman–Crippen LogP) is -0.0709. The lowest BCUT2D eigenvalue weighted by Crippen LogP contribution is -2.43. The van der Waals surface area contributed by atoms with Crippen molar-refractivity contribution in [3.05, 3.63) is 11.8 Å². The molecule has 2 amide bonds. The fourth-order valence-corrected chi connectivity index (χ4v) is 2.17. The third-order valence-corrected chi connectivity index (χ3v) is 3.53. The summed E-state index contributed by atoms with van der Waals surface area (Å²) >= 11 is 0. The average molecular weight is 322 g/mol. The van der Waals surface area contributed by atoms with Crippen LogP contribution in [0.2, 0.25) is 0 Å². The topological polar surface area (TPSA) is 114 Å². The van der Waals surface area contributed by atoms with Crippen LogP contribution in [0.3, 0.4) is 0 Å². The number of rotatable bonds is 9. The summed E-state index contributed by atoms with van der Waals surface area (Å²) in [5.41, 5.74) is 0.0371. The molecule has 0 aromatic carbocycles. The van der Waals surface area contributed by atoms with E-state index in [-0.39, 0.29) is 12.0 Å². The van der Waals surface area contributed by atoms with Crippen LogP contribution < -0.4 is 5.32 Å². The van der Waals surface area contributed by atoms with Crippen molar-refractivity contribution in [2.24, 2.45) is 0 Å². The van der Waals surface area contributed by atoms with Gasteiger partial charge in [0.2, 0.25) is 6.41 Å². The van der Waals surface area contributed by atoms with Crippen molar-refractivity contribution in [3.63, 3.8) is 0 Å². The summed E-state index contributed by atoms with van der Waals surface area (Å²) in [4.78, 5) is 36.4. The maximum absolute atomic E-state index is 11.9. The highest BCUT2D eigenvalue weighted by molar-refractivity contribution is 5.97. The number of carbonyl (C=O) groups is 3. The van der Waals surface area contributed by atoms with Gasteiger partial charge in [-0.05, 0) is 12.8 Å². The molecule has 8 heteroatoms. The van der Waals surface area contributed by atoms with Gasteiger partial charge in [-0.1, -0.05) is 6.42 Å². The number of unbranched alkanes of at least 4 members (excludes halogenated alkanes) is 2. The number of hydrogen-bond acceptors (Lipinski definition) is 5. The van der Waals surface area contributed by atoms with E-state index in [1.54, 1.807) is 4.90 Å². The fraction of sp³-hybridized carbons (Fsp3) is 0.600. The molecule has 0 saturated carbocycles. The first-order valence-electron chi connectivity index (χ1n) is 7.62. The van der Waals surface area contributed by atoms with Crippen LogP contribution in [-0.2, 0) is 14.4 Å². The summed E-state index contributed by atoms with van der Waals surface area (Å²) in [6.45, 7) is 2.74. The molecule has 1 aliphatic rings. The van der Waals surface area contributed by atoms with E-state index in [9.17, 15) is 14.4 Å². The predicted molar refractivity (Wildman–Crippen MR) is 82.0 cm³/mol. The molecule has 126 valence electrons. The SMILES string of the molecule is N#C/C(=C/N1CCN(C=O)CC1)C(=O)NCCCCCC(=O)O. The number of carboxylic acids is 1. The summed E-state index contributed by atoms with van der Waals surface area (Å²) in [5.74, 6) is -1.25. The molecular formula is C15H22N4O4. The van der Waals surface area contributed by atoms with Gasteiger partial charge in [-0.3, -0.25) is 14.4 Å². The van der Waals surface area contributed by atoms with Gasteiger partial charge < -0.3 is 20.2 Å². The van der Waals surface area contributed by atoms with Gasteiger partial charge in [0.1, 0.15) is 11.6 Å². The molecule has 0 atom stereocenters. The fourth-order valence-electron chi connectivity index (χ4n) is 2.17. The largest absolute Gasteiger partial charge is 0.481 e. The van der Waals surface area contributed by atoms with Crippen molar-refractivity contribution in [1.82, 2.24) is 15.1 Å². The van der Waals surface area contributed by atoms with Crippen LogP contribution in [0.4, 0.5) is 0 Å². The Bertz CT molecular complexity index is 490. The number of nitrogens with zero attached hydrogens (tertiary/aromatic N) is 3. The number of nitriles is 1. The Kier molecular flexibility index (Phi) is 8.21.